The molecule has 5 nitrogen and oxygen atoms in total. The summed E-state index contributed by atoms with van der Waals surface area (Å²) in [5.74, 6) is 0.610. The van der Waals surface area contributed by atoms with Crippen LogP contribution in [0.2, 0.25) is 0 Å². The highest BCUT2D eigenvalue weighted by molar-refractivity contribution is 6.04. The fraction of sp³-hybridized carbons (Fsp3) is 0.370. The number of allylic oxidation sites excluding steroid dienone is 4. The van der Waals surface area contributed by atoms with Crippen LogP contribution in [-0.2, 0) is 12.8 Å². The number of phenolic OH excluding ortho intramolecular Hbond substituents is 2. The zero-order valence-corrected chi connectivity index (χ0v) is 19.7. The molecule has 2 aromatic carbocycles. The van der Waals surface area contributed by atoms with E-state index in [1.807, 2.05) is 52.0 Å². The molecule has 0 amide bonds. The van der Waals surface area contributed by atoms with Crippen molar-refractivity contribution in [3.8, 4) is 23.0 Å². The number of Topliss-reactive ketones (excluding diaryl/α,β-unsaturated/α-hetero) is 1. The molecule has 0 saturated carbocycles. The Kier molecular flexibility index (Phi) is 6.97. The van der Waals surface area contributed by atoms with E-state index in [1.165, 1.54) is 5.57 Å². The van der Waals surface area contributed by atoms with Crippen LogP contribution in [0.3, 0.4) is 0 Å². The fourth-order valence-corrected chi connectivity index (χ4v) is 3.91. The van der Waals surface area contributed by atoms with Gasteiger partial charge >= 0.3 is 0 Å². The molecule has 3 rings (SSSR count). The number of ketones is 1. The van der Waals surface area contributed by atoms with Crippen molar-refractivity contribution in [1.29, 1.82) is 0 Å². The van der Waals surface area contributed by atoms with Crippen LogP contribution in [0.5, 0.6) is 23.0 Å². The summed E-state index contributed by atoms with van der Waals surface area (Å²) >= 11 is 0. The lowest BCUT2D eigenvalue weighted by molar-refractivity contribution is 0.0842. The summed E-state index contributed by atoms with van der Waals surface area (Å²) in [4.78, 5) is 13.1. The van der Waals surface area contributed by atoms with Gasteiger partial charge in [0.2, 0.25) is 0 Å². The van der Waals surface area contributed by atoms with Gasteiger partial charge in [0, 0.05) is 11.1 Å². The highest BCUT2D eigenvalue weighted by Gasteiger charge is 2.34. The van der Waals surface area contributed by atoms with E-state index in [4.69, 9.17) is 9.47 Å². The normalized spacial score (nSPS) is 14.9. The second-order valence-electron chi connectivity index (χ2n) is 8.78. The molecule has 0 saturated heterocycles. The Hall–Kier alpha value is -3.21. The third-order valence-corrected chi connectivity index (χ3v) is 5.76. The maximum Gasteiger partial charge on any atom is 0.174 e. The minimum Gasteiger partial charge on any atom is -0.507 e. The van der Waals surface area contributed by atoms with Gasteiger partial charge in [-0.15, -0.1) is 0 Å². The molecule has 2 N–H and O–H groups in total. The van der Waals surface area contributed by atoms with Crippen molar-refractivity contribution in [2.75, 3.05) is 7.11 Å². The number of benzene rings is 2. The highest BCUT2D eigenvalue weighted by atomic mass is 16.5. The molecule has 1 aliphatic rings. The number of aromatic hydroxyl groups is 2. The van der Waals surface area contributed by atoms with Crippen LogP contribution >= 0.6 is 0 Å². The number of hydrogen-bond donors (Lipinski definition) is 2. The Morgan fingerprint density at radius 1 is 1.09 bits per heavy atom. The largest absolute Gasteiger partial charge is 0.507 e. The number of fused-ring (bicyclic) bond motifs is 1. The molecule has 0 aromatic heterocycles. The second-order valence-corrected chi connectivity index (χ2v) is 8.78. The molecule has 1 unspecified atom stereocenters. The van der Waals surface area contributed by atoms with Crippen LogP contribution in [-0.4, -0.2) is 23.1 Å². The molecule has 5 heteroatoms. The van der Waals surface area contributed by atoms with Crippen molar-refractivity contribution in [2.24, 2.45) is 0 Å². The van der Waals surface area contributed by atoms with Gasteiger partial charge in [0.1, 0.15) is 34.7 Å². The van der Waals surface area contributed by atoms with Crippen molar-refractivity contribution in [2.45, 2.75) is 60.0 Å². The lowest BCUT2D eigenvalue weighted by Gasteiger charge is -2.29. The minimum atomic E-state index is -0.507. The zero-order valence-electron chi connectivity index (χ0n) is 19.7. The number of hydrogen-bond acceptors (Lipinski definition) is 5. The third-order valence-electron chi connectivity index (χ3n) is 5.76. The summed E-state index contributed by atoms with van der Waals surface area (Å²) in [6.07, 6.45) is 4.69. The predicted octanol–water partition coefficient (Wildman–Crippen LogP) is 6.14. The molecule has 170 valence electrons. The van der Waals surface area contributed by atoms with Crippen LogP contribution in [0, 0.1) is 6.92 Å². The van der Waals surface area contributed by atoms with E-state index in [9.17, 15) is 15.0 Å². The quantitative estimate of drug-likeness (QED) is 0.532. The summed E-state index contributed by atoms with van der Waals surface area (Å²) < 4.78 is 11.7. The lowest BCUT2D eigenvalue weighted by Crippen LogP contribution is -2.22. The van der Waals surface area contributed by atoms with Crippen molar-refractivity contribution in [1.82, 2.24) is 0 Å². The van der Waals surface area contributed by atoms with E-state index in [2.05, 4.69) is 6.08 Å². The van der Waals surface area contributed by atoms with Gasteiger partial charge in [-0.2, -0.15) is 0 Å². The van der Waals surface area contributed by atoms with E-state index in [0.29, 0.717) is 24.0 Å². The van der Waals surface area contributed by atoms with Gasteiger partial charge in [-0.05, 0) is 70.7 Å². The molecule has 0 radical (unpaired) electrons. The molecule has 2 aromatic rings. The first-order chi connectivity index (χ1) is 15.1. The Balaban J connectivity index is 2.02. The van der Waals surface area contributed by atoms with Gasteiger partial charge < -0.3 is 19.7 Å². The smallest absolute Gasteiger partial charge is 0.174 e. The first-order valence-electron chi connectivity index (χ1n) is 10.8. The maximum atomic E-state index is 13.1. The summed E-state index contributed by atoms with van der Waals surface area (Å²) in [7, 11) is 1.64. The number of carbonyl (C=O) groups is 1. The van der Waals surface area contributed by atoms with E-state index < -0.39 is 6.10 Å². The van der Waals surface area contributed by atoms with Crippen molar-refractivity contribution in [3.05, 3.63) is 69.3 Å². The van der Waals surface area contributed by atoms with Gasteiger partial charge in [0.05, 0.1) is 13.5 Å². The number of ether oxygens (including phenoxy) is 2. The molecular weight excluding hydrogens is 404 g/mol. The molecule has 0 aliphatic carbocycles. The van der Waals surface area contributed by atoms with Crippen molar-refractivity contribution < 1.29 is 24.5 Å². The zero-order chi connectivity index (χ0) is 23.6. The van der Waals surface area contributed by atoms with Crippen molar-refractivity contribution in [3.63, 3.8) is 0 Å². The number of methoxy groups -OCH3 is 1. The Morgan fingerprint density at radius 3 is 2.38 bits per heavy atom. The summed E-state index contributed by atoms with van der Waals surface area (Å²) in [6, 6.07) is 5.78. The number of rotatable bonds is 6. The van der Waals surface area contributed by atoms with Gasteiger partial charge in [0.15, 0.2) is 5.78 Å². The molecule has 32 heavy (non-hydrogen) atoms. The lowest BCUT2D eigenvalue weighted by atomic mass is 9.90. The topological polar surface area (TPSA) is 76.0 Å². The highest BCUT2D eigenvalue weighted by Crippen LogP contribution is 2.48. The standard InChI is InChI=1S/C27H32O5/c1-15(2)7-9-18-13-19(10-12-22(18)31-6)23-14-21(28)24-26(30)20(11-8-16(3)4)25(29)17(5)27(24)32-23/h7-8,10,12-13,23,29-30H,9,11,14H2,1-6H3. The minimum absolute atomic E-state index is 0.0359. The molecule has 1 heterocycles. The van der Waals surface area contributed by atoms with Gasteiger partial charge in [-0.3, -0.25) is 4.79 Å². The third kappa shape index (κ3) is 4.67. The maximum absolute atomic E-state index is 13.1. The Labute approximate surface area is 190 Å². The van der Waals surface area contributed by atoms with Crippen LogP contribution in [0.1, 0.15) is 72.8 Å². The molecule has 0 spiro atoms. The number of phenols is 2. The second kappa shape index (κ2) is 9.51. The Morgan fingerprint density at radius 2 is 1.75 bits per heavy atom. The molecule has 1 atom stereocenters. The van der Waals surface area contributed by atoms with E-state index in [0.717, 1.165) is 22.4 Å². The summed E-state index contributed by atoms with van der Waals surface area (Å²) in [6.45, 7) is 9.69. The van der Waals surface area contributed by atoms with E-state index in [-0.39, 0.29) is 35.0 Å². The van der Waals surface area contributed by atoms with Gasteiger partial charge in [0.25, 0.3) is 0 Å². The van der Waals surface area contributed by atoms with Crippen LogP contribution in [0.25, 0.3) is 0 Å². The molecule has 1 aliphatic heterocycles. The molecular formula is C27H32O5. The summed E-state index contributed by atoms with van der Waals surface area (Å²) in [5.41, 5.74) is 5.11. The van der Waals surface area contributed by atoms with E-state index in [1.54, 1.807) is 14.0 Å². The van der Waals surface area contributed by atoms with Crippen LogP contribution in [0.4, 0.5) is 0 Å². The van der Waals surface area contributed by atoms with Crippen LogP contribution < -0.4 is 9.47 Å². The van der Waals surface area contributed by atoms with Gasteiger partial charge in [-0.1, -0.05) is 29.4 Å². The number of carbonyl (C=O) groups excluding carboxylic acids is 1. The fourth-order valence-electron chi connectivity index (χ4n) is 3.91. The van der Waals surface area contributed by atoms with Crippen LogP contribution in [0.15, 0.2) is 41.5 Å². The monoisotopic (exact) mass is 436 g/mol. The molecule has 0 bridgehead atoms. The van der Waals surface area contributed by atoms with E-state index >= 15 is 0 Å². The first kappa shape index (κ1) is 23.5. The SMILES string of the molecule is COc1ccc(C2CC(=O)c3c(O)c(CC=C(C)C)c(O)c(C)c3O2)cc1CC=C(C)C. The Bertz CT molecular complexity index is 1100. The first-order valence-corrected chi connectivity index (χ1v) is 10.8. The summed E-state index contributed by atoms with van der Waals surface area (Å²) in [5, 5.41) is 21.5. The average molecular weight is 437 g/mol. The predicted molar refractivity (Wildman–Crippen MR) is 126 cm³/mol. The average Bonchev–Trinajstić information content (AvgIpc) is 2.75. The van der Waals surface area contributed by atoms with Crippen molar-refractivity contribution >= 4 is 5.78 Å². The molecule has 0 fully saturated rings. The van der Waals surface area contributed by atoms with Gasteiger partial charge in [-0.25, -0.2) is 0 Å².